The summed E-state index contributed by atoms with van der Waals surface area (Å²) in [4.78, 5) is 23.3. The minimum atomic E-state index is -1.06. The molecule has 1 fully saturated rings. The maximum Gasteiger partial charge on any atom is 0.329 e. The molecule has 0 aromatic rings. The first kappa shape index (κ1) is 14.0. The Bertz CT molecular complexity index is 296. The van der Waals surface area contributed by atoms with Crippen molar-refractivity contribution >= 4 is 11.9 Å². The molecule has 0 aromatic carbocycles. The van der Waals surface area contributed by atoms with Gasteiger partial charge in [0.1, 0.15) is 5.54 Å². The van der Waals surface area contributed by atoms with E-state index in [4.69, 9.17) is 5.73 Å². The van der Waals surface area contributed by atoms with Crippen LogP contribution < -0.4 is 11.1 Å². The lowest BCUT2D eigenvalue weighted by Crippen LogP contribution is -2.55. The van der Waals surface area contributed by atoms with Gasteiger partial charge in [-0.1, -0.05) is 26.7 Å². The van der Waals surface area contributed by atoms with Gasteiger partial charge in [-0.25, -0.2) is 4.79 Å². The van der Waals surface area contributed by atoms with Crippen molar-refractivity contribution in [2.24, 2.45) is 17.6 Å². The van der Waals surface area contributed by atoms with Crippen molar-refractivity contribution in [3.05, 3.63) is 0 Å². The summed E-state index contributed by atoms with van der Waals surface area (Å²) < 4.78 is 0. The Kier molecular flexibility index (Phi) is 4.51. The monoisotopic (exact) mass is 242 g/mol. The third-order valence-electron chi connectivity index (χ3n) is 3.62. The number of rotatable bonds is 5. The van der Waals surface area contributed by atoms with Crippen molar-refractivity contribution in [3.8, 4) is 0 Å². The maximum atomic E-state index is 12.0. The molecule has 0 bridgehead atoms. The van der Waals surface area contributed by atoms with Gasteiger partial charge in [0.25, 0.3) is 0 Å². The van der Waals surface area contributed by atoms with E-state index in [1.165, 1.54) is 0 Å². The minimum absolute atomic E-state index is 0.118. The van der Waals surface area contributed by atoms with Gasteiger partial charge in [-0.2, -0.15) is 0 Å². The van der Waals surface area contributed by atoms with E-state index in [1.807, 2.05) is 13.8 Å². The van der Waals surface area contributed by atoms with Crippen molar-refractivity contribution in [3.63, 3.8) is 0 Å². The molecule has 0 aliphatic heterocycles. The number of carbonyl (C=O) groups is 2. The molecular formula is C12H22N2O3. The first-order chi connectivity index (χ1) is 7.93. The number of hydrogen-bond acceptors (Lipinski definition) is 3. The van der Waals surface area contributed by atoms with Gasteiger partial charge in [-0.3, -0.25) is 4.79 Å². The van der Waals surface area contributed by atoms with Gasteiger partial charge in [-0.15, -0.1) is 0 Å². The highest BCUT2D eigenvalue weighted by atomic mass is 16.4. The zero-order chi connectivity index (χ0) is 13.1. The molecule has 0 aromatic heterocycles. The lowest BCUT2D eigenvalue weighted by molar-refractivity contribution is -0.148. The van der Waals surface area contributed by atoms with Crippen LogP contribution in [-0.4, -0.2) is 29.1 Å². The topological polar surface area (TPSA) is 92.4 Å². The van der Waals surface area contributed by atoms with Gasteiger partial charge in [0.2, 0.25) is 5.91 Å². The van der Waals surface area contributed by atoms with E-state index in [9.17, 15) is 14.7 Å². The first-order valence-corrected chi connectivity index (χ1v) is 6.18. The molecule has 1 rings (SSSR count). The number of carboxylic acid groups (broad SMARTS) is 1. The number of amides is 1. The quantitative estimate of drug-likeness (QED) is 0.662. The average Bonchev–Trinajstić information content (AvgIpc) is 2.67. The van der Waals surface area contributed by atoms with Gasteiger partial charge in [0.15, 0.2) is 0 Å². The smallest absolute Gasteiger partial charge is 0.329 e. The highest BCUT2D eigenvalue weighted by Crippen LogP contribution is 2.30. The normalized spacial score (nSPS) is 20.2. The summed E-state index contributed by atoms with van der Waals surface area (Å²) in [6, 6.07) is 0. The molecule has 0 radical (unpaired) electrons. The van der Waals surface area contributed by atoms with Gasteiger partial charge in [0.05, 0.1) is 5.92 Å². The van der Waals surface area contributed by atoms with Crippen LogP contribution in [0, 0.1) is 11.8 Å². The Morgan fingerprint density at radius 3 is 2.24 bits per heavy atom. The second kappa shape index (κ2) is 5.49. The third-order valence-corrected chi connectivity index (χ3v) is 3.62. The van der Waals surface area contributed by atoms with Gasteiger partial charge in [0, 0.05) is 6.54 Å². The number of nitrogens with one attached hydrogen (secondary N) is 1. The molecule has 0 heterocycles. The lowest BCUT2D eigenvalue weighted by Gasteiger charge is -2.28. The standard InChI is InChI=1S/C12H22N2O3/c1-8(2)9(7-13)10(15)14-12(11(16)17)5-3-4-6-12/h8-9H,3-7,13H2,1-2H3,(H,14,15)(H,16,17). The summed E-state index contributed by atoms with van der Waals surface area (Å²) >= 11 is 0. The molecule has 1 unspecified atom stereocenters. The number of nitrogens with two attached hydrogens (primary N) is 1. The zero-order valence-electron chi connectivity index (χ0n) is 10.5. The van der Waals surface area contributed by atoms with Crippen LogP contribution in [0.25, 0.3) is 0 Å². The minimum Gasteiger partial charge on any atom is -0.480 e. The van der Waals surface area contributed by atoms with E-state index in [0.717, 1.165) is 12.8 Å². The van der Waals surface area contributed by atoms with Crippen LogP contribution in [0.4, 0.5) is 0 Å². The number of carboxylic acids is 1. The largest absolute Gasteiger partial charge is 0.480 e. The molecule has 4 N–H and O–H groups in total. The van der Waals surface area contributed by atoms with E-state index in [0.29, 0.717) is 12.8 Å². The van der Waals surface area contributed by atoms with Gasteiger partial charge >= 0.3 is 5.97 Å². The predicted molar refractivity (Wildman–Crippen MR) is 64.4 cm³/mol. The van der Waals surface area contributed by atoms with Crippen molar-refractivity contribution < 1.29 is 14.7 Å². The fraction of sp³-hybridized carbons (Fsp3) is 0.833. The van der Waals surface area contributed by atoms with Crippen molar-refractivity contribution in [1.82, 2.24) is 5.32 Å². The maximum absolute atomic E-state index is 12.0. The number of hydrogen-bond donors (Lipinski definition) is 3. The van der Waals surface area contributed by atoms with E-state index < -0.39 is 11.5 Å². The Balaban J connectivity index is 2.74. The summed E-state index contributed by atoms with van der Waals surface area (Å²) in [5, 5.41) is 12.0. The molecule has 1 aliphatic rings. The first-order valence-electron chi connectivity index (χ1n) is 6.18. The predicted octanol–water partition coefficient (Wildman–Crippen LogP) is 0.731. The second-order valence-electron chi connectivity index (χ2n) is 5.17. The van der Waals surface area contributed by atoms with Crippen LogP contribution in [-0.2, 0) is 9.59 Å². The van der Waals surface area contributed by atoms with Crippen LogP contribution in [0.3, 0.4) is 0 Å². The zero-order valence-corrected chi connectivity index (χ0v) is 10.5. The van der Waals surface area contributed by atoms with E-state index in [-0.39, 0.29) is 24.3 Å². The number of carbonyl (C=O) groups excluding carboxylic acids is 1. The third kappa shape index (κ3) is 2.97. The second-order valence-corrected chi connectivity index (χ2v) is 5.17. The fourth-order valence-corrected chi connectivity index (χ4v) is 2.38. The molecule has 98 valence electrons. The van der Waals surface area contributed by atoms with Crippen molar-refractivity contribution in [2.75, 3.05) is 6.54 Å². The van der Waals surface area contributed by atoms with Crippen LogP contribution >= 0.6 is 0 Å². The fourth-order valence-electron chi connectivity index (χ4n) is 2.38. The Morgan fingerprint density at radius 2 is 1.88 bits per heavy atom. The van der Waals surface area contributed by atoms with E-state index >= 15 is 0 Å². The SMILES string of the molecule is CC(C)C(CN)C(=O)NC1(C(=O)O)CCCC1. The van der Waals surface area contributed by atoms with Crippen LogP contribution in [0.2, 0.25) is 0 Å². The Hall–Kier alpha value is -1.10. The van der Waals surface area contributed by atoms with Crippen LogP contribution in [0.15, 0.2) is 0 Å². The molecule has 0 spiro atoms. The van der Waals surface area contributed by atoms with Crippen molar-refractivity contribution in [1.29, 1.82) is 0 Å². The summed E-state index contributed by atoms with van der Waals surface area (Å²) in [6.45, 7) is 4.08. The summed E-state index contributed by atoms with van der Waals surface area (Å²) in [5.41, 5.74) is 4.50. The summed E-state index contributed by atoms with van der Waals surface area (Å²) in [7, 11) is 0. The molecule has 1 amide bonds. The number of aliphatic carboxylic acids is 1. The van der Waals surface area contributed by atoms with Crippen LogP contribution in [0.1, 0.15) is 39.5 Å². The molecule has 0 saturated heterocycles. The molecule has 1 atom stereocenters. The van der Waals surface area contributed by atoms with Gasteiger partial charge < -0.3 is 16.2 Å². The molecule has 5 heteroatoms. The highest BCUT2D eigenvalue weighted by molar-refractivity contribution is 5.88. The Labute approximate surface area is 102 Å². The summed E-state index contributed by atoms with van der Waals surface area (Å²) in [5.74, 6) is -1.35. The lowest BCUT2D eigenvalue weighted by atomic mass is 9.91. The molecular weight excluding hydrogens is 220 g/mol. The Morgan fingerprint density at radius 1 is 1.35 bits per heavy atom. The van der Waals surface area contributed by atoms with Crippen LogP contribution in [0.5, 0.6) is 0 Å². The summed E-state index contributed by atoms with van der Waals surface area (Å²) in [6.07, 6.45) is 2.73. The van der Waals surface area contributed by atoms with E-state index in [2.05, 4.69) is 5.32 Å². The molecule has 5 nitrogen and oxygen atoms in total. The van der Waals surface area contributed by atoms with Gasteiger partial charge in [-0.05, 0) is 18.8 Å². The average molecular weight is 242 g/mol. The molecule has 1 saturated carbocycles. The molecule has 17 heavy (non-hydrogen) atoms. The molecule has 1 aliphatic carbocycles. The van der Waals surface area contributed by atoms with Crippen molar-refractivity contribution in [2.45, 2.75) is 45.1 Å². The van der Waals surface area contributed by atoms with E-state index in [1.54, 1.807) is 0 Å². The highest BCUT2D eigenvalue weighted by Gasteiger charge is 2.43.